The number of halogens is 3. The summed E-state index contributed by atoms with van der Waals surface area (Å²) in [4.78, 5) is 33.6. The summed E-state index contributed by atoms with van der Waals surface area (Å²) in [6, 6.07) is 7.08. The molecule has 1 atom stereocenters. The Labute approximate surface area is 195 Å². The molecule has 0 radical (unpaired) electrons. The molecule has 4 N–H and O–H groups in total. The number of hydrogen-bond acceptors (Lipinski definition) is 7. The molecule has 2 aromatic carbocycles. The van der Waals surface area contributed by atoms with Crippen LogP contribution in [0.4, 0.5) is 20.5 Å². The number of nitrogens with zero attached hydrogens (tertiary/aromatic N) is 5. The van der Waals surface area contributed by atoms with Crippen molar-refractivity contribution in [3.05, 3.63) is 75.6 Å². The molecule has 1 unspecified atom stereocenters. The number of imidazole rings is 1. The molecule has 3 heterocycles. The number of fused-ring (bicyclic) bond motifs is 2. The van der Waals surface area contributed by atoms with E-state index in [1.807, 2.05) is 6.92 Å². The predicted octanol–water partition coefficient (Wildman–Crippen LogP) is 4.13. The second-order valence-electron chi connectivity index (χ2n) is 7.51. The quantitative estimate of drug-likeness (QED) is 0.343. The molecule has 172 valence electrons. The average molecular weight is 483 g/mol. The molecule has 0 fully saturated rings. The van der Waals surface area contributed by atoms with Gasteiger partial charge in [0.2, 0.25) is 5.95 Å². The van der Waals surface area contributed by atoms with E-state index in [-0.39, 0.29) is 27.9 Å². The molecule has 0 amide bonds. The summed E-state index contributed by atoms with van der Waals surface area (Å²) in [5.41, 5.74) is 6.43. The van der Waals surface area contributed by atoms with E-state index < -0.39 is 23.2 Å². The summed E-state index contributed by atoms with van der Waals surface area (Å²) >= 11 is 6.29. The molecule has 12 heteroatoms. The molecule has 0 saturated carbocycles. The monoisotopic (exact) mass is 482 g/mol. The number of hydrogen-bond donors (Lipinski definition) is 3. The molecule has 34 heavy (non-hydrogen) atoms. The molecule has 9 nitrogen and oxygen atoms in total. The molecule has 0 bridgehead atoms. The normalized spacial score (nSPS) is 12.4. The largest absolute Gasteiger partial charge is 0.368 e. The number of H-pyrrole nitrogens is 1. The highest BCUT2D eigenvalue weighted by Crippen LogP contribution is 2.28. The zero-order chi connectivity index (χ0) is 24.0. The van der Waals surface area contributed by atoms with E-state index in [1.165, 1.54) is 6.33 Å². The Morgan fingerprint density at radius 1 is 1.18 bits per heavy atom. The van der Waals surface area contributed by atoms with Gasteiger partial charge in [0.05, 0.1) is 34.0 Å². The predicted molar refractivity (Wildman–Crippen MR) is 125 cm³/mol. The second-order valence-corrected chi connectivity index (χ2v) is 7.92. The number of benzene rings is 2. The fraction of sp³-hybridized carbons (Fsp3) is 0.136. The Morgan fingerprint density at radius 2 is 1.94 bits per heavy atom. The lowest BCUT2D eigenvalue weighted by Crippen LogP contribution is -2.28. The third kappa shape index (κ3) is 3.69. The van der Waals surface area contributed by atoms with Crippen LogP contribution in [0.25, 0.3) is 27.8 Å². The number of rotatable bonds is 5. The average Bonchev–Trinajstić information content (AvgIpc) is 3.25. The van der Waals surface area contributed by atoms with Crippen molar-refractivity contribution in [3.63, 3.8) is 0 Å². The van der Waals surface area contributed by atoms with Gasteiger partial charge in [0.1, 0.15) is 23.0 Å². The summed E-state index contributed by atoms with van der Waals surface area (Å²) < 4.78 is 29.4. The Kier molecular flexibility index (Phi) is 5.33. The van der Waals surface area contributed by atoms with Gasteiger partial charge in [-0.15, -0.1) is 0 Å². The number of nitrogens with one attached hydrogen (secondary N) is 2. The van der Waals surface area contributed by atoms with Gasteiger partial charge >= 0.3 is 0 Å². The highest BCUT2D eigenvalue weighted by molar-refractivity contribution is 6.35. The van der Waals surface area contributed by atoms with Gasteiger partial charge in [-0.3, -0.25) is 9.36 Å². The SMILES string of the molecule is CCC(Nc1nc(N)nc2nc[nH]c12)c1nc2cccc(Cl)c2c(=O)n1-c1cc(F)cc(F)c1. The van der Waals surface area contributed by atoms with Crippen LogP contribution >= 0.6 is 11.6 Å². The van der Waals surface area contributed by atoms with Gasteiger partial charge in [-0.1, -0.05) is 24.6 Å². The zero-order valence-corrected chi connectivity index (χ0v) is 18.4. The van der Waals surface area contributed by atoms with E-state index >= 15 is 0 Å². The lowest BCUT2D eigenvalue weighted by atomic mass is 10.1. The van der Waals surface area contributed by atoms with Crippen molar-refractivity contribution in [2.24, 2.45) is 0 Å². The second kappa shape index (κ2) is 8.34. The van der Waals surface area contributed by atoms with Crippen LogP contribution < -0.4 is 16.6 Å². The van der Waals surface area contributed by atoms with Gasteiger partial charge in [0, 0.05) is 6.07 Å². The minimum Gasteiger partial charge on any atom is -0.368 e. The molecule has 3 aromatic heterocycles. The lowest BCUT2D eigenvalue weighted by molar-refractivity contribution is 0.578. The molecular formula is C22H17ClF2N8O. The highest BCUT2D eigenvalue weighted by Gasteiger charge is 2.23. The lowest BCUT2D eigenvalue weighted by Gasteiger charge is -2.22. The van der Waals surface area contributed by atoms with Gasteiger partial charge in [-0.25, -0.2) is 18.7 Å². The molecule has 0 saturated heterocycles. The topological polar surface area (TPSA) is 127 Å². The van der Waals surface area contributed by atoms with Crippen molar-refractivity contribution in [1.29, 1.82) is 0 Å². The van der Waals surface area contributed by atoms with Gasteiger partial charge in [-0.2, -0.15) is 9.97 Å². The molecular weight excluding hydrogens is 466 g/mol. The maximum Gasteiger partial charge on any atom is 0.267 e. The maximum absolute atomic E-state index is 14.1. The first-order chi connectivity index (χ1) is 16.4. The first-order valence-electron chi connectivity index (χ1n) is 10.3. The number of nitrogens with two attached hydrogens (primary N) is 1. The third-order valence-electron chi connectivity index (χ3n) is 5.31. The summed E-state index contributed by atoms with van der Waals surface area (Å²) in [5.74, 6) is -1.13. The van der Waals surface area contributed by atoms with Crippen molar-refractivity contribution < 1.29 is 8.78 Å². The fourth-order valence-electron chi connectivity index (χ4n) is 3.83. The van der Waals surface area contributed by atoms with Crippen molar-refractivity contribution in [2.45, 2.75) is 19.4 Å². The third-order valence-corrected chi connectivity index (χ3v) is 5.63. The van der Waals surface area contributed by atoms with Crippen molar-refractivity contribution in [3.8, 4) is 5.69 Å². The minimum atomic E-state index is -0.837. The summed E-state index contributed by atoms with van der Waals surface area (Å²) in [6.07, 6.45) is 1.88. The number of aromatic nitrogens is 6. The highest BCUT2D eigenvalue weighted by atomic mass is 35.5. The van der Waals surface area contributed by atoms with Crippen molar-refractivity contribution in [2.75, 3.05) is 11.1 Å². The molecule has 0 aliphatic rings. The van der Waals surface area contributed by atoms with E-state index in [9.17, 15) is 13.6 Å². The van der Waals surface area contributed by atoms with E-state index in [2.05, 4.69) is 30.2 Å². The Morgan fingerprint density at radius 3 is 2.68 bits per heavy atom. The van der Waals surface area contributed by atoms with E-state index in [0.29, 0.717) is 28.9 Å². The number of nitrogen functional groups attached to an aromatic ring is 1. The summed E-state index contributed by atoms with van der Waals surface area (Å²) in [5, 5.41) is 3.53. The van der Waals surface area contributed by atoms with E-state index in [0.717, 1.165) is 22.8 Å². The summed E-state index contributed by atoms with van der Waals surface area (Å²) in [7, 11) is 0. The van der Waals surface area contributed by atoms with Crippen LogP contribution in [-0.4, -0.2) is 29.5 Å². The van der Waals surface area contributed by atoms with Crippen LogP contribution in [0.5, 0.6) is 0 Å². The standard InChI is InChI=1S/C22H17ClF2N8O/c1-2-14(29-19-17-18(28-9-27-17)31-22(26)32-19)20-30-15-5-3-4-13(23)16(15)21(34)33(20)12-7-10(24)6-11(25)8-12/h3-9,14H,2H2,1H3,(H4,26,27,28,29,31,32). The first kappa shape index (κ1) is 21.7. The smallest absolute Gasteiger partial charge is 0.267 e. The van der Waals surface area contributed by atoms with Gasteiger partial charge < -0.3 is 16.0 Å². The molecule has 5 aromatic rings. The molecule has 0 spiro atoms. The van der Waals surface area contributed by atoms with Crippen LogP contribution in [0.1, 0.15) is 25.2 Å². The molecule has 0 aliphatic carbocycles. The zero-order valence-electron chi connectivity index (χ0n) is 17.7. The Hall–Kier alpha value is -4.12. The maximum atomic E-state index is 14.1. The Balaban J connectivity index is 1.77. The first-order valence-corrected chi connectivity index (χ1v) is 10.6. The minimum absolute atomic E-state index is 0.000188. The fourth-order valence-corrected chi connectivity index (χ4v) is 4.08. The van der Waals surface area contributed by atoms with Crippen LogP contribution in [0.3, 0.4) is 0 Å². The van der Waals surface area contributed by atoms with Crippen LogP contribution in [0.15, 0.2) is 47.5 Å². The van der Waals surface area contributed by atoms with Gasteiger partial charge in [0.25, 0.3) is 5.56 Å². The Bertz CT molecular complexity index is 1600. The number of anilines is 2. The summed E-state index contributed by atoms with van der Waals surface area (Å²) in [6.45, 7) is 1.86. The van der Waals surface area contributed by atoms with E-state index in [4.69, 9.17) is 17.3 Å². The molecule has 5 rings (SSSR count). The van der Waals surface area contributed by atoms with E-state index in [1.54, 1.807) is 18.2 Å². The number of aromatic amines is 1. The van der Waals surface area contributed by atoms with Gasteiger partial charge in [0.15, 0.2) is 11.5 Å². The van der Waals surface area contributed by atoms with Crippen molar-refractivity contribution in [1.82, 2.24) is 29.5 Å². The van der Waals surface area contributed by atoms with Crippen molar-refractivity contribution >= 4 is 45.4 Å². The van der Waals surface area contributed by atoms with Crippen LogP contribution in [0, 0.1) is 11.6 Å². The van der Waals surface area contributed by atoms with Gasteiger partial charge in [-0.05, 0) is 30.7 Å². The van der Waals surface area contributed by atoms with Crippen LogP contribution in [-0.2, 0) is 0 Å². The molecule has 0 aliphatic heterocycles. The van der Waals surface area contributed by atoms with Crippen LogP contribution in [0.2, 0.25) is 5.02 Å².